The van der Waals surface area contributed by atoms with Gasteiger partial charge in [-0.1, -0.05) is 6.92 Å². The van der Waals surface area contributed by atoms with Gasteiger partial charge in [-0.3, -0.25) is 0 Å². The molecule has 1 fully saturated rings. The maximum Gasteiger partial charge on any atom is 0.337 e. The summed E-state index contributed by atoms with van der Waals surface area (Å²) in [5.41, 5.74) is 6.28. The van der Waals surface area contributed by atoms with Crippen LogP contribution in [0.1, 0.15) is 23.0 Å². The first kappa shape index (κ1) is 12.6. The summed E-state index contributed by atoms with van der Waals surface area (Å²) < 4.78 is 5.75. The van der Waals surface area contributed by atoms with Crippen LogP contribution in [0.3, 0.4) is 0 Å². The van der Waals surface area contributed by atoms with Gasteiger partial charge in [-0.25, -0.2) is 9.78 Å². The van der Waals surface area contributed by atoms with Gasteiger partial charge in [0.05, 0.1) is 11.3 Å². The lowest BCUT2D eigenvalue weighted by Crippen LogP contribution is -2.25. The molecule has 1 aromatic heterocycles. The fraction of sp³-hybridized carbons (Fsp3) is 0.500. The van der Waals surface area contributed by atoms with Crippen molar-refractivity contribution in [2.45, 2.75) is 20.0 Å². The third kappa shape index (κ3) is 2.38. The van der Waals surface area contributed by atoms with E-state index in [4.69, 9.17) is 15.6 Å². The van der Waals surface area contributed by atoms with Crippen molar-refractivity contribution in [2.24, 2.45) is 5.92 Å². The Kier molecular flexibility index (Phi) is 3.38. The Morgan fingerprint density at radius 3 is 2.89 bits per heavy atom. The van der Waals surface area contributed by atoms with Crippen molar-refractivity contribution >= 4 is 11.8 Å². The van der Waals surface area contributed by atoms with Crippen molar-refractivity contribution in [1.29, 1.82) is 0 Å². The van der Waals surface area contributed by atoms with Gasteiger partial charge in [0, 0.05) is 25.1 Å². The number of carbonyl (C=O) groups is 1. The third-order valence-corrected chi connectivity index (χ3v) is 3.16. The summed E-state index contributed by atoms with van der Waals surface area (Å²) in [5.74, 6) is -0.0865. The lowest BCUT2D eigenvalue weighted by atomic mass is 10.1. The summed E-state index contributed by atoms with van der Waals surface area (Å²) in [4.78, 5) is 15.1. The first-order valence-electron chi connectivity index (χ1n) is 5.87. The lowest BCUT2D eigenvalue weighted by molar-refractivity contribution is 0.0694. The van der Waals surface area contributed by atoms with Crippen LogP contribution in [-0.2, 0) is 0 Å². The largest absolute Gasteiger partial charge is 0.485 e. The third-order valence-electron chi connectivity index (χ3n) is 3.16. The van der Waals surface area contributed by atoms with Gasteiger partial charge in [0.15, 0.2) is 11.6 Å². The normalized spacial score (nSPS) is 23.0. The van der Waals surface area contributed by atoms with E-state index < -0.39 is 5.97 Å². The predicted molar refractivity (Wildman–Crippen MR) is 66.8 cm³/mol. The van der Waals surface area contributed by atoms with Crippen molar-refractivity contribution < 1.29 is 14.6 Å². The number of aromatic carboxylic acids is 1. The molecular formula is C12H17N3O3. The van der Waals surface area contributed by atoms with Crippen molar-refractivity contribution in [1.82, 2.24) is 10.3 Å². The number of hydrogen-bond acceptors (Lipinski definition) is 5. The van der Waals surface area contributed by atoms with Crippen LogP contribution < -0.4 is 15.8 Å². The Morgan fingerprint density at radius 1 is 1.61 bits per heavy atom. The van der Waals surface area contributed by atoms with Crippen LogP contribution in [0.2, 0.25) is 0 Å². The monoisotopic (exact) mass is 251 g/mol. The van der Waals surface area contributed by atoms with Crippen LogP contribution in [0.5, 0.6) is 5.75 Å². The average molecular weight is 251 g/mol. The summed E-state index contributed by atoms with van der Waals surface area (Å²) >= 11 is 0. The van der Waals surface area contributed by atoms with E-state index >= 15 is 0 Å². The quantitative estimate of drug-likeness (QED) is 0.730. The summed E-state index contributed by atoms with van der Waals surface area (Å²) in [6.07, 6.45) is -0.00143. The molecule has 0 bridgehead atoms. The zero-order chi connectivity index (χ0) is 13.3. The van der Waals surface area contributed by atoms with Crippen LogP contribution in [0.15, 0.2) is 6.07 Å². The van der Waals surface area contributed by atoms with E-state index in [9.17, 15) is 4.79 Å². The molecule has 2 heterocycles. The van der Waals surface area contributed by atoms with Gasteiger partial charge >= 0.3 is 5.97 Å². The first-order chi connectivity index (χ1) is 8.49. The van der Waals surface area contributed by atoms with E-state index in [-0.39, 0.29) is 17.5 Å². The summed E-state index contributed by atoms with van der Waals surface area (Å²) in [6.45, 7) is 5.30. The minimum absolute atomic E-state index is 0.00143. The fourth-order valence-electron chi connectivity index (χ4n) is 2.02. The molecule has 1 aromatic rings. The average Bonchev–Trinajstić information content (AvgIpc) is 2.67. The maximum atomic E-state index is 11.0. The Morgan fingerprint density at radius 2 is 2.33 bits per heavy atom. The molecule has 0 aromatic carbocycles. The Bertz CT molecular complexity index is 476. The van der Waals surface area contributed by atoms with Gasteiger partial charge in [0.1, 0.15) is 6.10 Å². The fourth-order valence-corrected chi connectivity index (χ4v) is 2.02. The van der Waals surface area contributed by atoms with Crippen molar-refractivity contribution in [3.8, 4) is 5.75 Å². The molecule has 0 unspecified atom stereocenters. The minimum Gasteiger partial charge on any atom is -0.485 e. The molecule has 2 rings (SSSR count). The number of carboxylic acid groups (broad SMARTS) is 1. The maximum absolute atomic E-state index is 11.0. The molecule has 18 heavy (non-hydrogen) atoms. The lowest BCUT2D eigenvalue weighted by Gasteiger charge is -2.18. The number of anilines is 1. The summed E-state index contributed by atoms with van der Waals surface area (Å²) in [6, 6.07) is 1.45. The molecule has 98 valence electrons. The van der Waals surface area contributed by atoms with E-state index in [0.717, 1.165) is 13.1 Å². The molecule has 1 saturated heterocycles. The number of nitrogens with two attached hydrogens (primary N) is 1. The van der Waals surface area contributed by atoms with Crippen molar-refractivity contribution in [2.75, 3.05) is 18.8 Å². The molecule has 0 saturated carbocycles. The number of hydrogen-bond donors (Lipinski definition) is 3. The highest BCUT2D eigenvalue weighted by Crippen LogP contribution is 2.26. The van der Waals surface area contributed by atoms with Crippen molar-refractivity contribution in [3.63, 3.8) is 0 Å². The van der Waals surface area contributed by atoms with Crippen LogP contribution in [0, 0.1) is 12.8 Å². The number of nitrogens with one attached hydrogen (secondary N) is 1. The standard InChI is InChI=1S/C12H17N3O3/c1-6-4-14-5-10(6)18-9-3-8(12(16)17)7(2)15-11(9)13/h3,6,10,14H,4-5H2,1-2H3,(H2,13,15)(H,16,17)/t6-,10-/m0/s1. The second-order valence-corrected chi connectivity index (χ2v) is 4.60. The first-order valence-corrected chi connectivity index (χ1v) is 5.87. The molecule has 2 atom stereocenters. The van der Waals surface area contributed by atoms with Crippen LogP contribution in [-0.4, -0.2) is 35.3 Å². The van der Waals surface area contributed by atoms with Crippen LogP contribution in [0.4, 0.5) is 5.82 Å². The Hall–Kier alpha value is -1.82. The number of carboxylic acids is 1. The highest BCUT2D eigenvalue weighted by molar-refractivity contribution is 5.89. The van der Waals surface area contributed by atoms with Crippen molar-refractivity contribution in [3.05, 3.63) is 17.3 Å². The van der Waals surface area contributed by atoms with Gasteiger partial charge in [-0.15, -0.1) is 0 Å². The van der Waals surface area contributed by atoms with E-state index in [1.807, 2.05) is 0 Å². The van der Waals surface area contributed by atoms with Gasteiger partial charge in [-0.2, -0.15) is 0 Å². The number of nitrogen functional groups attached to an aromatic ring is 1. The zero-order valence-corrected chi connectivity index (χ0v) is 10.4. The molecule has 0 radical (unpaired) electrons. The van der Waals surface area contributed by atoms with Gasteiger partial charge in [0.25, 0.3) is 0 Å². The summed E-state index contributed by atoms with van der Waals surface area (Å²) in [7, 11) is 0. The summed E-state index contributed by atoms with van der Waals surface area (Å²) in [5, 5.41) is 12.3. The second kappa shape index (κ2) is 4.81. The smallest absolute Gasteiger partial charge is 0.337 e. The highest BCUT2D eigenvalue weighted by Gasteiger charge is 2.26. The molecule has 0 amide bonds. The van der Waals surface area contributed by atoms with Gasteiger partial charge in [0.2, 0.25) is 0 Å². The highest BCUT2D eigenvalue weighted by atomic mass is 16.5. The van der Waals surface area contributed by atoms with Crippen LogP contribution in [0.25, 0.3) is 0 Å². The Labute approximate surface area is 105 Å². The molecule has 6 heteroatoms. The molecule has 1 aliphatic heterocycles. The number of nitrogens with zero attached hydrogens (tertiary/aromatic N) is 1. The molecule has 0 aliphatic carbocycles. The van der Waals surface area contributed by atoms with Gasteiger partial charge < -0.3 is 20.9 Å². The number of pyridine rings is 1. The SMILES string of the molecule is Cc1nc(N)c(O[C@H]2CNC[C@@H]2C)cc1C(=O)O. The predicted octanol–water partition coefficient (Wildman–Crippen LogP) is 0.657. The number of rotatable bonds is 3. The minimum atomic E-state index is -1.03. The van der Waals surface area contributed by atoms with E-state index in [2.05, 4.69) is 17.2 Å². The molecule has 4 N–H and O–H groups in total. The van der Waals surface area contributed by atoms with E-state index in [1.165, 1.54) is 6.07 Å². The van der Waals surface area contributed by atoms with E-state index in [0.29, 0.717) is 17.4 Å². The number of aryl methyl sites for hydroxylation is 1. The molecular weight excluding hydrogens is 234 g/mol. The molecule has 1 aliphatic rings. The molecule has 6 nitrogen and oxygen atoms in total. The second-order valence-electron chi connectivity index (χ2n) is 4.60. The van der Waals surface area contributed by atoms with Crippen LogP contribution >= 0.6 is 0 Å². The molecule has 0 spiro atoms. The Balaban J connectivity index is 2.27. The zero-order valence-electron chi connectivity index (χ0n) is 10.4. The topological polar surface area (TPSA) is 97.5 Å². The van der Waals surface area contributed by atoms with E-state index in [1.54, 1.807) is 6.92 Å². The van der Waals surface area contributed by atoms with Gasteiger partial charge in [-0.05, 0) is 6.92 Å². The number of aromatic nitrogens is 1. The number of ether oxygens (including phenoxy) is 1.